The summed E-state index contributed by atoms with van der Waals surface area (Å²) in [6.07, 6.45) is 0. The summed E-state index contributed by atoms with van der Waals surface area (Å²) in [5, 5.41) is 31.1. The zero-order chi connectivity index (χ0) is 34.8. The minimum Gasteiger partial charge on any atom is -0.253 e. The third-order valence-corrected chi connectivity index (χ3v) is 11.3. The van der Waals surface area contributed by atoms with E-state index in [0.29, 0.717) is 31.9 Å². The van der Waals surface area contributed by atoms with Gasteiger partial charge in [-0.15, -0.1) is 20.4 Å². The van der Waals surface area contributed by atoms with Crippen LogP contribution in [0.1, 0.15) is 0 Å². The molecule has 14 heteroatoms. The van der Waals surface area contributed by atoms with E-state index < -0.39 is 0 Å². The number of halogens is 2. The average Bonchev–Trinajstić information content (AvgIpc) is 3.99. The van der Waals surface area contributed by atoms with Gasteiger partial charge in [0.05, 0.1) is 33.8 Å². The van der Waals surface area contributed by atoms with Crippen LogP contribution in [0.15, 0.2) is 144 Å². The molecule has 0 radical (unpaired) electrons. The Morgan fingerprint density at radius 3 is 1.23 bits per heavy atom. The SMILES string of the molecule is Clc1ccc(-c2cc3cc(-c4ccccc4)nn3c3nnc(SSc4nnc5n4c(-c4ccc(Cl)cc4)cc4cc(-c6ccccc6)nn45)n23)cc1. The van der Waals surface area contributed by atoms with Gasteiger partial charge in [-0.1, -0.05) is 108 Å². The molecule has 4 aromatic carbocycles. The number of hydrogen-bond acceptors (Lipinski definition) is 8. The largest absolute Gasteiger partial charge is 0.257 e. The second-order valence-corrected chi connectivity index (χ2v) is 14.9. The summed E-state index contributed by atoms with van der Waals surface area (Å²) in [6, 6.07) is 44.0. The first-order chi connectivity index (χ1) is 25.6. The van der Waals surface area contributed by atoms with Crippen LogP contribution in [0.2, 0.25) is 10.0 Å². The van der Waals surface area contributed by atoms with Crippen LogP contribution >= 0.6 is 44.8 Å². The first kappa shape index (κ1) is 31.1. The van der Waals surface area contributed by atoms with Crippen molar-refractivity contribution in [2.45, 2.75) is 10.3 Å². The highest BCUT2D eigenvalue weighted by molar-refractivity contribution is 8.76. The normalized spacial score (nSPS) is 11.8. The minimum absolute atomic E-state index is 0.576. The minimum atomic E-state index is 0.576. The van der Waals surface area contributed by atoms with Gasteiger partial charge in [0.1, 0.15) is 0 Å². The lowest BCUT2D eigenvalue weighted by Gasteiger charge is -2.10. The Morgan fingerprint density at radius 2 is 0.827 bits per heavy atom. The van der Waals surface area contributed by atoms with Crippen LogP contribution in [0.3, 0.4) is 0 Å². The molecule has 0 fully saturated rings. The van der Waals surface area contributed by atoms with Crippen molar-refractivity contribution in [2.75, 3.05) is 0 Å². The number of fused-ring (bicyclic) bond motifs is 6. The lowest BCUT2D eigenvalue weighted by molar-refractivity contribution is 0.905. The fourth-order valence-electron chi connectivity index (χ4n) is 6.30. The molecule has 0 atom stereocenters. The highest BCUT2D eigenvalue weighted by atomic mass is 35.5. The van der Waals surface area contributed by atoms with Gasteiger partial charge >= 0.3 is 0 Å². The van der Waals surface area contributed by atoms with Gasteiger partial charge in [0.15, 0.2) is 0 Å². The predicted octanol–water partition coefficient (Wildman–Crippen LogP) is 9.84. The summed E-state index contributed by atoms with van der Waals surface area (Å²) >= 11 is 12.6. The van der Waals surface area contributed by atoms with E-state index in [9.17, 15) is 0 Å². The molecule has 0 spiro atoms. The summed E-state index contributed by atoms with van der Waals surface area (Å²) in [6.45, 7) is 0. The van der Waals surface area contributed by atoms with Crippen LogP contribution in [0, 0.1) is 0 Å². The molecular weight excluding hydrogens is 732 g/mol. The molecule has 0 N–H and O–H groups in total. The number of nitrogens with zero attached hydrogens (tertiary/aromatic N) is 10. The fourth-order valence-corrected chi connectivity index (χ4v) is 8.45. The molecule has 0 amide bonds. The van der Waals surface area contributed by atoms with Crippen LogP contribution in [-0.4, -0.2) is 48.4 Å². The molecule has 0 aliphatic rings. The average molecular weight is 754 g/mol. The van der Waals surface area contributed by atoms with E-state index in [2.05, 4.69) is 44.7 Å². The van der Waals surface area contributed by atoms with Crippen LogP contribution < -0.4 is 0 Å². The van der Waals surface area contributed by atoms with Gasteiger partial charge in [0.2, 0.25) is 10.3 Å². The topological polar surface area (TPSA) is 95.0 Å². The molecule has 0 saturated carbocycles. The second kappa shape index (κ2) is 12.5. The van der Waals surface area contributed by atoms with Crippen molar-refractivity contribution in [3.05, 3.63) is 144 Å². The fraction of sp³-hybridized carbons (Fsp3) is 0. The van der Waals surface area contributed by atoms with Gasteiger partial charge in [0.25, 0.3) is 11.6 Å². The highest BCUT2D eigenvalue weighted by Crippen LogP contribution is 2.40. The molecule has 10 rings (SSSR count). The third kappa shape index (κ3) is 5.30. The Morgan fingerprint density at radius 1 is 0.423 bits per heavy atom. The molecule has 10 aromatic rings. The van der Waals surface area contributed by atoms with Gasteiger partial charge in [-0.05, 0) is 81.2 Å². The summed E-state index contributed by atoms with van der Waals surface area (Å²) in [4.78, 5) is 0. The van der Waals surface area contributed by atoms with E-state index in [1.165, 1.54) is 21.6 Å². The van der Waals surface area contributed by atoms with Gasteiger partial charge in [-0.2, -0.15) is 19.2 Å². The Labute approximate surface area is 313 Å². The first-order valence-corrected chi connectivity index (χ1v) is 19.0. The van der Waals surface area contributed by atoms with Gasteiger partial charge in [0, 0.05) is 21.2 Å². The summed E-state index contributed by atoms with van der Waals surface area (Å²) in [5.74, 6) is 1.15. The Balaban J connectivity index is 1.11. The van der Waals surface area contributed by atoms with E-state index in [1.54, 1.807) is 0 Å². The smallest absolute Gasteiger partial charge is 0.253 e. The lowest BCUT2D eigenvalue weighted by Crippen LogP contribution is -2.02. The zero-order valence-corrected chi connectivity index (χ0v) is 29.9. The van der Waals surface area contributed by atoms with Crippen molar-refractivity contribution in [3.63, 3.8) is 0 Å². The van der Waals surface area contributed by atoms with Crippen molar-refractivity contribution >= 4 is 67.4 Å². The maximum absolute atomic E-state index is 6.30. The molecule has 0 aliphatic heterocycles. The monoisotopic (exact) mass is 752 g/mol. The highest BCUT2D eigenvalue weighted by Gasteiger charge is 2.22. The molecule has 10 nitrogen and oxygen atoms in total. The zero-order valence-electron chi connectivity index (χ0n) is 26.7. The van der Waals surface area contributed by atoms with E-state index >= 15 is 0 Å². The Bertz CT molecular complexity index is 2720. The number of hydrogen-bond donors (Lipinski definition) is 0. The van der Waals surface area contributed by atoms with E-state index in [1.807, 2.05) is 127 Å². The summed E-state index contributed by atoms with van der Waals surface area (Å²) in [7, 11) is 2.86. The molecule has 0 saturated heterocycles. The van der Waals surface area contributed by atoms with Crippen LogP contribution in [0.25, 0.3) is 67.6 Å². The molecule has 6 heterocycles. The molecule has 0 aliphatic carbocycles. The van der Waals surface area contributed by atoms with Crippen molar-refractivity contribution < 1.29 is 0 Å². The molecule has 0 unspecified atom stereocenters. The predicted molar refractivity (Wildman–Crippen MR) is 207 cm³/mol. The molecule has 52 heavy (non-hydrogen) atoms. The van der Waals surface area contributed by atoms with E-state index in [-0.39, 0.29) is 0 Å². The number of benzene rings is 4. The number of aromatic nitrogens is 10. The first-order valence-electron chi connectivity index (χ1n) is 16.1. The molecule has 0 bridgehead atoms. The second-order valence-electron chi connectivity index (χ2n) is 11.9. The standard InChI is InChI=1S/C38H22Cl2N10S2/c39-27-15-11-25(12-16-27)33-21-29-19-31(23-7-3-1-4-8-23)45-49(29)35-41-43-37(47(33)35)51-52-38-44-42-36-48(38)34(26-13-17-28(40)18-14-26)22-30-20-32(46-50(30)36)24-9-5-2-6-10-24/h1-22H. The molecule has 6 aromatic heterocycles. The van der Waals surface area contributed by atoms with E-state index in [4.69, 9.17) is 33.4 Å². The van der Waals surface area contributed by atoms with Gasteiger partial charge < -0.3 is 0 Å². The summed E-state index contributed by atoms with van der Waals surface area (Å²) in [5.41, 5.74) is 9.19. The van der Waals surface area contributed by atoms with Crippen molar-refractivity contribution in [1.29, 1.82) is 0 Å². The van der Waals surface area contributed by atoms with Crippen molar-refractivity contribution in [1.82, 2.24) is 48.4 Å². The quantitative estimate of drug-likeness (QED) is 0.149. The summed E-state index contributed by atoms with van der Waals surface area (Å²) < 4.78 is 7.68. The van der Waals surface area contributed by atoms with Crippen molar-refractivity contribution in [2.24, 2.45) is 0 Å². The van der Waals surface area contributed by atoms with Crippen LogP contribution in [0.4, 0.5) is 0 Å². The Hall–Kier alpha value is -5.66. The van der Waals surface area contributed by atoms with Gasteiger partial charge in [-0.25, -0.2) is 0 Å². The lowest BCUT2D eigenvalue weighted by atomic mass is 10.1. The number of rotatable bonds is 7. The molecule has 250 valence electrons. The maximum atomic E-state index is 6.30. The van der Waals surface area contributed by atoms with Crippen molar-refractivity contribution in [3.8, 4) is 45.0 Å². The molecular formula is C38H22Cl2N10S2. The van der Waals surface area contributed by atoms with E-state index in [0.717, 1.165) is 56.1 Å². The maximum Gasteiger partial charge on any atom is 0.257 e. The van der Waals surface area contributed by atoms with Gasteiger partial charge in [-0.3, -0.25) is 8.80 Å². The third-order valence-electron chi connectivity index (χ3n) is 8.75. The Kier molecular flexibility index (Phi) is 7.50. The van der Waals surface area contributed by atoms with Crippen LogP contribution in [-0.2, 0) is 0 Å². The van der Waals surface area contributed by atoms with Crippen LogP contribution in [0.5, 0.6) is 0 Å².